The van der Waals surface area contributed by atoms with E-state index in [0.29, 0.717) is 0 Å². The van der Waals surface area contributed by atoms with Gasteiger partial charge in [-0.3, -0.25) is 0 Å². The average molecular weight is 286 g/mol. The highest BCUT2D eigenvalue weighted by molar-refractivity contribution is 4.64. The lowest BCUT2D eigenvalue weighted by molar-refractivity contribution is 0.553. The molecule has 0 aliphatic heterocycles. The second-order valence-electron chi connectivity index (χ2n) is 4.80. The zero-order chi connectivity index (χ0) is 14.2. The third-order valence-corrected chi connectivity index (χ3v) is 0.689. The number of nitrogens with zero attached hydrogens (tertiary/aromatic N) is 3. The van der Waals surface area contributed by atoms with Crippen molar-refractivity contribution in [2.45, 2.75) is 56.4 Å². The first-order chi connectivity index (χ1) is 8.46. The van der Waals surface area contributed by atoms with Crippen LogP contribution in [0.3, 0.4) is 0 Å². The Kier molecular flexibility index (Phi) is 30.2. The van der Waals surface area contributed by atoms with Crippen molar-refractivity contribution in [1.29, 1.82) is 0 Å². The van der Waals surface area contributed by atoms with Gasteiger partial charge in [0.2, 0.25) is 12.8 Å². The van der Waals surface area contributed by atoms with Gasteiger partial charge in [0.1, 0.15) is 0 Å². The number of aromatic amines is 1. The number of nitrogens with one attached hydrogen (secondary N) is 1. The predicted molar refractivity (Wildman–Crippen MR) is 87.4 cm³/mol. The van der Waals surface area contributed by atoms with Crippen molar-refractivity contribution in [1.82, 2.24) is 20.2 Å². The van der Waals surface area contributed by atoms with Crippen molar-refractivity contribution >= 4 is 0 Å². The standard InChI is InChI=1S/2C4H10.C3H4N2.C2H2N2O.2CH4/c2*1-4(2)3;1-2-5-3-4-1;1-3-4-2-5-1;;/h2*4H,1-3H3;1-3H,(H,4,5);1-2H;2*1H4. The minimum atomic E-state index is 0. The molecule has 0 radical (unpaired) electrons. The fourth-order valence-electron chi connectivity index (χ4n) is 0.351. The van der Waals surface area contributed by atoms with Crippen LogP contribution in [0.1, 0.15) is 56.4 Å². The van der Waals surface area contributed by atoms with Crippen LogP contribution in [0.15, 0.2) is 35.9 Å². The minimum Gasteiger partial charge on any atom is -0.431 e. The van der Waals surface area contributed by atoms with Gasteiger partial charge < -0.3 is 9.40 Å². The molecule has 0 spiro atoms. The van der Waals surface area contributed by atoms with Crippen LogP contribution in [0.5, 0.6) is 0 Å². The molecule has 0 atom stereocenters. The predicted octanol–water partition coefficient (Wildman–Crippen LogP) is 5.08. The van der Waals surface area contributed by atoms with Crippen molar-refractivity contribution in [2.75, 3.05) is 0 Å². The van der Waals surface area contributed by atoms with Crippen molar-refractivity contribution in [3.8, 4) is 0 Å². The summed E-state index contributed by atoms with van der Waals surface area (Å²) in [6.07, 6.45) is 7.61. The van der Waals surface area contributed by atoms with Crippen LogP contribution in [0.4, 0.5) is 0 Å². The Balaban J connectivity index is -0.0000000833. The molecule has 2 aromatic rings. The Morgan fingerprint density at radius 2 is 1.25 bits per heavy atom. The lowest BCUT2D eigenvalue weighted by Gasteiger charge is -1.79. The van der Waals surface area contributed by atoms with Crippen LogP contribution in [0.2, 0.25) is 0 Å². The Hall–Kier alpha value is -1.65. The summed E-state index contributed by atoms with van der Waals surface area (Å²) in [5.41, 5.74) is 0. The normalized spacial score (nSPS) is 7.60. The van der Waals surface area contributed by atoms with E-state index in [1.165, 1.54) is 12.8 Å². The Morgan fingerprint density at radius 3 is 1.35 bits per heavy atom. The summed E-state index contributed by atoms with van der Waals surface area (Å²) in [5, 5.41) is 6.61. The second kappa shape index (κ2) is 22.5. The molecule has 5 nitrogen and oxygen atoms in total. The summed E-state index contributed by atoms with van der Waals surface area (Å²) in [4.78, 5) is 6.42. The Bertz CT molecular complexity index is 219. The molecule has 0 amide bonds. The van der Waals surface area contributed by atoms with E-state index in [9.17, 15) is 0 Å². The molecular weight excluding hydrogens is 252 g/mol. The van der Waals surface area contributed by atoms with Crippen molar-refractivity contribution in [3.63, 3.8) is 0 Å². The molecule has 0 aromatic carbocycles. The van der Waals surface area contributed by atoms with Crippen LogP contribution < -0.4 is 0 Å². The van der Waals surface area contributed by atoms with Crippen LogP contribution in [0, 0.1) is 11.8 Å². The molecule has 0 aliphatic carbocycles. The highest BCUT2D eigenvalue weighted by Gasteiger charge is 1.68. The molecular formula is C15H34N4O. The van der Waals surface area contributed by atoms with Gasteiger partial charge in [0.05, 0.1) is 6.33 Å². The van der Waals surface area contributed by atoms with Crippen LogP contribution in [-0.2, 0) is 0 Å². The van der Waals surface area contributed by atoms with Gasteiger partial charge in [-0.15, -0.1) is 10.2 Å². The molecule has 0 aliphatic rings. The molecule has 5 heteroatoms. The molecule has 0 fully saturated rings. The van der Waals surface area contributed by atoms with E-state index in [1.54, 1.807) is 18.7 Å². The van der Waals surface area contributed by atoms with Gasteiger partial charge in [0.25, 0.3) is 0 Å². The molecule has 0 saturated carbocycles. The molecule has 2 rings (SSSR count). The molecule has 2 heterocycles. The number of rotatable bonds is 0. The third kappa shape index (κ3) is 55.3. The summed E-state index contributed by atoms with van der Waals surface area (Å²) in [6, 6.07) is 0. The second-order valence-corrected chi connectivity index (χ2v) is 4.80. The van der Waals surface area contributed by atoms with E-state index in [0.717, 1.165) is 11.8 Å². The zero-order valence-electron chi connectivity index (χ0n) is 12.3. The maximum absolute atomic E-state index is 4.36. The van der Waals surface area contributed by atoms with Gasteiger partial charge in [-0.1, -0.05) is 56.4 Å². The van der Waals surface area contributed by atoms with E-state index in [4.69, 9.17) is 0 Å². The third-order valence-electron chi connectivity index (χ3n) is 0.689. The van der Waals surface area contributed by atoms with Crippen LogP contribution >= 0.6 is 0 Å². The highest BCUT2D eigenvalue weighted by Crippen LogP contribution is 1.81. The summed E-state index contributed by atoms with van der Waals surface area (Å²) in [6.45, 7) is 13.0. The number of aromatic nitrogens is 4. The summed E-state index contributed by atoms with van der Waals surface area (Å²) < 4.78 is 4.36. The van der Waals surface area contributed by atoms with Crippen LogP contribution in [-0.4, -0.2) is 20.2 Å². The number of imidazole rings is 1. The average Bonchev–Trinajstić information content (AvgIpc) is 2.96. The van der Waals surface area contributed by atoms with Gasteiger partial charge in [0, 0.05) is 12.4 Å². The Labute approximate surface area is 125 Å². The number of hydrogen-bond acceptors (Lipinski definition) is 4. The van der Waals surface area contributed by atoms with Gasteiger partial charge in [-0.25, -0.2) is 4.98 Å². The monoisotopic (exact) mass is 286 g/mol. The van der Waals surface area contributed by atoms with Gasteiger partial charge in [0.15, 0.2) is 0 Å². The molecule has 20 heavy (non-hydrogen) atoms. The number of hydrogen-bond donors (Lipinski definition) is 1. The quantitative estimate of drug-likeness (QED) is 0.733. The van der Waals surface area contributed by atoms with E-state index in [2.05, 4.69) is 66.1 Å². The summed E-state index contributed by atoms with van der Waals surface area (Å²) in [5.74, 6) is 1.67. The number of H-pyrrole nitrogens is 1. The van der Waals surface area contributed by atoms with Gasteiger partial charge in [-0.05, 0) is 11.8 Å². The Morgan fingerprint density at radius 1 is 0.850 bits per heavy atom. The summed E-state index contributed by atoms with van der Waals surface area (Å²) >= 11 is 0. The van der Waals surface area contributed by atoms with Gasteiger partial charge in [-0.2, -0.15) is 0 Å². The van der Waals surface area contributed by atoms with E-state index in [1.807, 2.05) is 0 Å². The molecule has 0 bridgehead atoms. The van der Waals surface area contributed by atoms with Crippen molar-refractivity contribution in [3.05, 3.63) is 31.5 Å². The fourth-order valence-corrected chi connectivity index (χ4v) is 0.351. The lowest BCUT2D eigenvalue weighted by atomic mass is 10.3. The topological polar surface area (TPSA) is 67.6 Å². The molecule has 2 aromatic heterocycles. The smallest absolute Gasteiger partial charge is 0.203 e. The fraction of sp³-hybridized carbons (Fsp3) is 0.667. The maximum Gasteiger partial charge on any atom is 0.203 e. The molecule has 120 valence electrons. The van der Waals surface area contributed by atoms with Gasteiger partial charge >= 0.3 is 0 Å². The SMILES string of the molecule is C.C.CC(C)C.CC(C)C.c1c[nH]cn1.c1nnco1. The first kappa shape index (κ1) is 26.8. The highest BCUT2D eigenvalue weighted by atomic mass is 16.3. The maximum atomic E-state index is 4.36. The molecule has 0 saturated heterocycles. The first-order valence-corrected chi connectivity index (χ1v) is 6.08. The van der Waals surface area contributed by atoms with Crippen LogP contribution in [0.25, 0.3) is 0 Å². The lowest BCUT2D eigenvalue weighted by Crippen LogP contribution is -1.66. The molecule has 1 N–H and O–H groups in total. The largest absolute Gasteiger partial charge is 0.431 e. The zero-order valence-corrected chi connectivity index (χ0v) is 12.3. The minimum absolute atomic E-state index is 0. The first-order valence-electron chi connectivity index (χ1n) is 6.08. The van der Waals surface area contributed by atoms with E-state index < -0.39 is 0 Å². The summed E-state index contributed by atoms with van der Waals surface area (Å²) in [7, 11) is 0. The molecule has 0 unspecified atom stereocenters. The van der Waals surface area contributed by atoms with E-state index in [-0.39, 0.29) is 14.9 Å². The van der Waals surface area contributed by atoms with Crippen molar-refractivity contribution < 1.29 is 4.42 Å². The van der Waals surface area contributed by atoms with Crippen molar-refractivity contribution in [2.24, 2.45) is 11.8 Å². The van der Waals surface area contributed by atoms with E-state index >= 15 is 0 Å².